The molecule has 1 saturated carbocycles. The lowest BCUT2D eigenvalue weighted by molar-refractivity contribution is -0.287. The Morgan fingerprint density at radius 3 is 2.57 bits per heavy atom. The first kappa shape index (κ1) is 24.8. The summed E-state index contributed by atoms with van der Waals surface area (Å²) in [5.41, 5.74) is 0.631. The van der Waals surface area contributed by atoms with Crippen molar-refractivity contribution >= 4 is 11.9 Å². The molecule has 9 heteroatoms. The van der Waals surface area contributed by atoms with Crippen LogP contribution in [0.4, 0.5) is 8.78 Å². The fourth-order valence-corrected chi connectivity index (χ4v) is 4.67. The molecule has 1 aliphatic carbocycles. The van der Waals surface area contributed by atoms with Crippen molar-refractivity contribution in [3.63, 3.8) is 0 Å². The van der Waals surface area contributed by atoms with Gasteiger partial charge in [0.05, 0.1) is 6.61 Å². The zero-order valence-electron chi connectivity index (χ0n) is 19.7. The highest BCUT2D eigenvalue weighted by Gasteiger charge is 2.47. The number of aryl methyl sites for hydroxylation is 1. The van der Waals surface area contributed by atoms with E-state index in [0.29, 0.717) is 38.0 Å². The fraction of sp³-hybridized carbons (Fsp3) is 0.462. The van der Waals surface area contributed by atoms with Gasteiger partial charge in [-0.15, -0.1) is 8.78 Å². The largest absolute Gasteiger partial charge is 0.586 e. The summed E-state index contributed by atoms with van der Waals surface area (Å²) in [6, 6.07) is 10.2. The molecule has 2 N–H and O–H groups in total. The molecule has 1 heterocycles. The van der Waals surface area contributed by atoms with Crippen molar-refractivity contribution in [1.82, 2.24) is 5.32 Å². The fourth-order valence-electron chi connectivity index (χ4n) is 4.67. The molecule has 2 aromatic carbocycles. The second-order valence-electron chi connectivity index (χ2n) is 9.25. The summed E-state index contributed by atoms with van der Waals surface area (Å²) in [6.07, 6.45) is -0.474. The van der Waals surface area contributed by atoms with Crippen LogP contribution in [0.15, 0.2) is 36.4 Å². The molecule has 188 valence electrons. The van der Waals surface area contributed by atoms with E-state index in [-0.39, 0.29) is 29.4 Å². The number of hydrogen-bond acceptors (Lipinski definition) is 5. The first-order chi connectivity index (χ1) is 16.6. The number of rotatable bonds is 8. The standard InChI is InChI=1S/C26H29F2NO6/c1-3-17-7-10-25(11-8-17,24(31)32)29-23(30)19-14-20(22-21(15-19)34-26(27,28)35-22)33-12-9-18-6-4-5-16(2)13-18/h4-6,13-15,17H,3,7-12H2,1-2H3,(H,29,30)(H,31,32)/t17-,25+. The van der Waals surface area contributed by atoms with Gasteiger partial charge < -0.3 is 24.6 Å². The number of amides is 1. The van der Waals surface area contributed by atoms with Gasteiger partial charge in [0.2, 0.25) is 5.75 Å². The molecule has 7 nitrogen and oxygen atoms in total. The molecule has 0 bridgehead atoms. The zero-order valence-corrected chi connectivity index (χ0v) is 19.7. The van der Waals surface area contributed by atoms with E-state index in [1.807, 2.05) is 31.2 Å². The Hall–Kier alpha value is -3.36. The number of carbonyl (C=O) groups is 2. The maximum absolute atomic E-state index is 13.8. The van der Waals surface area contributed by atoms with Gasteiger partial charge in [-0.25, -0.2) is 4.79 Å². The van der Waals surface area contributed by atoms with E-state index >= 15 is 0 Å². The third kappa shape index (κ3) is 5.49. The van der Waals surface area contributed by atoms with Gasteiger partial charge in [0.1, 0.15) is 5.54 Å². The minimum Gasteiger partial charge on any atom is -0.489 e. The van der Waals surface area contributed by atoms with Crippen LogP contribution in [0.1, 0.15) is 60.5 Å². The summed E-state index contributed by atoms with van der Waals surface area (Å²) >= 11 is 0. The highest BCUT2D eigenvalue weighted by Crippen LogP contribution is 2.48. The third-order valence-electron chi connectivity index (χ3n) is 6.76. The van der Waals surface area contributed by atoms with Crippen LogP contribution in [0.25, 0.3) is 0 Å². The topological polar surface area (TPSA) is 94.1 Å². The Bertz CT molecular complexity index is 1110. The zero-order chi connectivity index (χ0) is 25.2. The van der Waals surface area contributed by atoms with E-state index in [1.54, 1.807) is 0 Å². The molecule has 0 saturated heterocycles. The van der Waals surface area contributed by atoms with Crippen molar-refractivity contribution in [1.29, 1.82) is 0 Å². The molecule has 35 heavy (non-hydrogen) atoms. The van der Waals surface area contributed by atoms with E-state index in [9.17, 15) is 23.5 Å². The van der Waals surface area contributed by atoms with E-state index < -0.39 is 23.7 Å². The van der Waals surface area contributed by atoms with Gasteiger partial charge in [-0.1, -0.05) is 43.2 Å². The highest BCUT2D eigenvalue weighted by atomic mass is 19.3. The average Bonchev–Trinajstić information content (AvgIpc) is 3.13. The van der Waals surface area contributed by atoms with Crippen molar-refractivity contribution < 1.29 is 37.7 Å². The second kappa shape index (κ2) is 9.71. The average molecular weight is 490 g/mol. The molecular weight excluding hydrogens is 460 g/mol. The number of fused-ring (bicyclic) bond motifs is 1. The lowest BCUT2D eigenvalue weighted by Gasteiger charge is -2.37. The summed E-state index contributed by atoms with van der Waals surface area (Å²) in [5, 5.41) is 12.5. The number of nitrogens with one attached hydrogen (secondary N) is 1. The van der Waals surface area contributed by atoms with Gasteiger partial charge in [-0.05, 0) is 56.2 Å². The van der Waals surface area contributed by atoms with Gasteiger partial charge >= 0.3 is 12.3 Å². The predicted molar refractivity (Wildman–Crippen MR) is 123 cm³/mol. The Labute approximate surface area is 202 Å². The van der Waals surface area contributed by atoms with Crippen molar-refractivity contribution in [2.45, 2.75) is 64.2 Å². The van der Waals surface area contributed by atoms with Gasteiger partial charge in [-0.2, -0.15) is 0 Å². The van der Waals surface area contributed by atoms with Crippen LogP contribution in [0.3, 0.4) is 0 Å². The normalized spacial score (nSPS) is 22.5. The minimum absolute atomic E-state index is 0.0474. The minimum atomic E-state index is -3.90. The van der Waals surface area contributed by atoms with Gasteiger partial charge in [0, 0.05) is 12.0 Å². The summed E-state index contributed by atoms with van der Waals surface area (Å²) < 4.78 is 42.5. The van der Waals surface area contributed by atoms with Crippen LogP contribution in [-0.4, -0.2) is 35.4 Å². The SMILES string of the molecule is CC[C@H]1CC[C@](NC(=O)c2cc(OCCc3cccc(C)c3)c3c(c2)OC(F)(F)O3)(C(=O)O)CC1. The molecule has 0 aromatic heterocycles. The van der Waals surface area contributed by atoms with E-state index in [2.05, 4.69) is 21.7 Å². The quantitative estimate of drug-likeness (QED) is 0.536. The number of carboxylic acids is 1. The first-order valence-electron chi connectivity index (χ1n) is 11.8. The van der Waals surface area contributed by atoms with Crippen LogP contribution in [0.2, 0.25) is 0 Å². The van der Waals surface area contributed by atoms with Crippen molar-refractivity contribution in [3.05, 3.63) is 53.1 Å². The van der Waals surface area contributed by atoms with Gasteiger partial charge in [0.15, 0.2) is 11.5 Å². The lowest BCUT2D eigenvalue weighted by Crippen LogP contribution is -2.56. The molecule has 0 radical (unpaired) electrons. The molecule has 1 fully saturated rings. The molecule has 2 aliphatic rings. The molecule has 4 rings (SSSR count). The molecular formula is C26H29F2NO6. The second-order valence-corrected chi connectivity index (χ2v) is 9.25. The Morgan fingerprint density at radius 2 is 1.91 bits per heavy atom. The first-order valence-corrected chi connectivity index (χ1v) is 11.8. The van der Waals surface area contributed by atoms with Crippen molar-refractivity contribution in [2.24, 2.45) is 5.92 Å². The maximum atomic E-state index is 13.8. The summed E-state index contributed by atoms with van der Waals surface area (Å²) in [5.74, 6) is -2.11. The lowest BCUT2D eigenvalue weighted by atomic mass is 9.75. The maximum Gasteiger partial charge on any atom is 0.586 e. The van der Waals surface area contributed by atoms with E-state index in [4.69, 9.17) is 4.74 Å². The third-order valence-corrected chi connectivity index (χ3v) is 6.76. The Morgan fingerprint density at radius 1 is 1.17 bits per heavy atom. The highest BCUT2D eigenvalue weighted by molar-refractivity contribution is 5.99. The van der Waals surface area contributed by atoms with Crippen molar-refractivity contribution in [2.75, 3.05) is 6.61 Å². The molecule has 0 unspecified atom stereocenters. The number of ether oxygens (including phenoxy) is 3. The Balaban J connectivity index is 1.54. The molecule has 1 aliphatic heterocycles. The van der Waals surface area contributed by atoms with Crippen LogP contribution in [0, 0.1) is 12.8 Å². The molecule has 0 spiro atoms. The molecule has 0 atom stereocenters. The van der Waals surface area contributed by atoms with Crippen LogP contribution in [-0.2, 0) is 11.2 Å². The number of halogens is 2. The van der Waals surface area contributed by atoms with Gasteiger partial charge in [-0.3, -0.25) is 4.79 Å². The monoisotopic (exact) mass is 489 g/mol. The number of benzene rings is 2. The summed E-state index contributed by atoms with van der Waals surface area (Å²) in [6.45, 7) is 4.17. The number of aliphatic carboxylic acids is 1. The van der Waals surface area contributed by atoms with E-state index in [1.165, 1.54) is 6.07 Å². The van der Waals surface area contributed by atoms with Crippen LogP contribution >= 0.6 is 0 Å². The number of hydrogen-bond donors (Lipinski definition) is 2. The number of alkyl halides is 2. The van der Waals surface area contributed by atoms with Crippen molar-refractivity contribution in [3.8, 4) is 17.2 Å². The number of carbonyl (C=O) groups excluding carboxylic acids is 1. The summed E-state index contributed by atoms with van der Waals surface area (Å²) in [7, 11) is 0. The molecule has 2 aromatic rings. The predicted octanol–water partition coefficient (Wildman–Crippen LogP) is 5.09. The van der Waals surface area contributed by atoms with Crippen LogP contribution in [0.5, 0.6) is 17.2 Å². The van der Waals surface area contributed by atoms with Gasteiger partial charge in [0.25, 0.3) is 5.91 Å². The molecule has 1 amide bonds. The number of carboxylic acid groups (broad SMARTS) is 1. The van der Waals surface area contributed by atoms with Crippen LogP contribution < -0.4 is 19.5 Å². The van der Waals surface area contributed by atoms with E-state index in [0.717, 1.165) is 23.6 Å². The summed E-state index contributed by atoms with van der Waals surface area (Å²) in [4.78, 5) is 25.2. The smallest absolute Gasteiger partial charge is 0.489 e. The Kier molecular flexibility index (Phi) is 6.87.